The number of hydrogen-bond acceptors (Lipinski definition) is 7. The zero-order valence-corrected chi connectivity index (χ0v) is 18.1. The van der Waals surface area contributed by atoms with Gasteiger partial charge in [0.1, 0.15) is 16.2 Å². The van der Waals surface area contributed by atoms with Crippen LogP contribution in [0.2, 0.25) is 5.02 Å². The van der Waals surface area contributed by atoms with Crippen LogP contribution >= 0.6 is 22.9 Å². The van der Waals surface area contributed by atoms with Gasteiger partial charge < -0.3 is 9.15 Å². The van der Waals surface area contributed by atoms with E-state index in [0.29, 0.717) is 37.4 Å². The third kappa shape index (κ3) is 3.94. The Balaban J connectivity index is 1.84. The normalized spacial score (nSPS) is 11.7. The molecule has 0 amide bonds. The Morgan fingerprint density at radius 2 is 1.97 bits per heavy atom. The zero-order chi connectivity index (χ0) is 21.3. The standard InChI is InChI=1S/C22H18ClN3O3S/c1-12-9-19-15(10-16(12)23)17(11-18(29-19)14-7-5-4-6-8-14)25-26-22-24-13(2)20(30-22)21(27)28-3/h4-11H,1-3H3,(H,24,26)/b25-17+. The minimum Gasteiger partial charge on any atom is -0.465 e. The summed E-state index contributed by atoms with van der Waals surface area (Å²) < 4.78 is 10.9. The number of ether oxygens (including phenoxy) is 1. The van der Waals surface area contributed by atoms with Gasteiger partial charge in [0.15, 0.2) is 0 Å². The molecule has 0 aliphatic carbocycles. The summed E-state index contributed by atoms with van der Waals surface area (Å²) in [6.07, 6.45) is 0. The number of aryl methyl sites for hydroxylation is 2. The van der Waals surface area contributed by atoms with Crippen molar-refractivity contribution in [1.29, 1.82) is 0 Å². The maximum absolute atomic E-state index is 11.8. The third-order valence-corrected chi connectivity index (χ3v) is 5.97. The number of carbonyl (C=O) groups is 1. The van der Waals surface area contributed by atoms with Crippen LogP contribution < -0.4 is 10.8 Å². The van der Waals surface area contributed by atoms with Crippen LogP contribution in [0.5, 0.6) is 0 Å². The quantitative estimate of drug-likeness (QED) is 0.333. The van der Waals surface area contributed by atoms with Gasteiger partial charge in [-0.2, -0.15) is 5.10 Å². The fraction of sp³-hybridized carbons (Fsp3) is 0.136. The second-order valence-corrected chi connectivity index (χ2v) is 8.01. The van der Waals surface area contributed by atoms with Crippen LogP contribution in [0.4, 0.5) is 5.13 Å². The molecule has 2 heterocycles. The Morgan fingerprint density at radius 1 is 1.20 bits per heavy atom. The smallest absolute Gasteiger partial charge is 0.350 e. The number of thiazole rings is 1. The number of fused-ring (bicyclic) bond motifs is 1. The fourth-order valence-electron chi connectivity index (χ4n) is 2.96. The molecule has 6 nitrogen and oxygen atoms in total. The lowest BCUT2D eigenvalue weighted by Crippen LogP contribution is -2.07. The molecule has 0 spiro atoms. The van der Waals surface area contributed by atoms with Crippen molar-refractivity contribution in [2.24, 2.45) is 5.10 Å². The topological polar surface area (TPSA) is 76.7 Å². The molecule has 2 aromatic carbocycles. The number of methoxy groups -OCH3 is 1. The van der Waals surface area contributed by atoms with Crippen molar-refractivity contribution in [2.45, 2.75) is 13.8 Å². The van der Waals surface area contributed by atoms with Crippen LogP contribution in [-0.2, 0) is 4.74 Å². The van der Waals surface area contributed by atoms with Gasteiger partial charge in [-0.3, -0.25) is 5.43 Å². The molecule has 0 saturated heterocycles. The first-order chi connectivity index (χ1) is 14.5. The lowest BCUT2D eigenvalue weighted by molar-refractivity contribution is 0.0605. The van der Waals surface area contributed by atoms with Crippen LogP contribution in [-0.4, -0.2) is 18.1 Å². The van der Waals surface area contributed by atoms with Crippen molar-refractivity contribution < 1.29 is 13.9 Å². The molecule has 30 heavy (non-hydrogen) atoms. The Morgan fingerprint density at radius 3 is 2.70 bits per heavy atom. The van der Waals surface area contributed by atoms with E-state index in [0.717, 1.165) is 16.5 Å². The molecule has 8 heteroatoms. The van der Waals surface area contributed by atoms with E-state index >= 15 is 0 Å². The van der Waals surface area contributed by atoms with Crippen molar-refractivity contribution in [1.82, 2.24) is 4.98 Å². The molecule has 0 atom stereocenters. The highest BCUT2D eigenvalue weighted by atomic mass is 35.5. The molecule has 1 N–H and O–H groups in total. The fourth-order valence-corrected chi connectivity index (χ4v) is 3.95. The second-order valence-electron chi connectivity index (χ2n) is 6.61. The largest absolute Gasteiger partial charge is 0.465 e. The highest BCUT2D eigenvalue weighted by Crippen LogP contribution is 2.27. The number of benzene rings is 2. The number of nitrogens with one attached hydrogen (secondary N) is 1. The second kappa shape index (κ2) is 8.30. The highest BCUT2D eigenvalue weighted by molar-refractivity contribution is 7.17. The number of hydrogen-bond donors (Lipinski definition) is 1. The van der Waals surface area contributed by atoms with E-state index in [4.69, 9.17) is 20.8 Å². The average molecular weight is 440 g/mol. The monoisotopic (exact) mass is 439 g/mol. The van der Waals surface area contributed by atoms with E-state index < -0.39 is 5.97 Å². The Bertz CT molecular complexity index is 1310. The van der Waals surface area contributed by atoms with Crippen LogP contribution in [0, 0.1) is 13.8 Å². The van der Waals surface area contributed by atoms with Gasteiger partial charge in [-0.05, 0) is 31.5 Å². The zero-order valence-electron chi connectivity index (χ0n) is 16.5. The maximum atomic E-state index is 11.8. The van der Waals surface area contributed by atoms with Crippen LogP contribution in [0.3, 0.4) is 0 Å². The molecule has 4 aromatic rings. The summed E-state index contributed by atoms with van der Waals surface area (Å²) >= 11 is 7.53. The van der Waals surface area contributed by atoms with Crippen molar-refractivity contribution in [3.05, 3.63) is 75.0 Å². The number of aromatic nitrogens is 1. The van der Waals surface area contributed by atoms with E-state index in [9.17, 15) is 4.79 Å². The van der Waals surface area contributed by atoms with Gasteiger partial charge in [0.05, 0.1) is 18.2 Å². The Hall–Kier alpha value is -3.16. The van der Waals surface area contributed by atoms with Gasteiger partial charge in [0.25, 0.3) is 0 Å². The van der Waals surface area contributed by atoms with Gasteiger partial charge in [-0.1, -0.05) is 53.3 Å². The summed E-state index contributed by atoms with van der Waals surface area (Å²) in [5.74, 6) is 0.256. The van der Waals surface area contributed by atoms with E-state index in [2.05, 4.69) is 15.5 Å². The van der Waals surface area contributed by atoms with Gasteiger partial charge in [0, 0.05) is 22.0 Å². The minimum absolute atomic E-state index is 0.421. The number of carbonyl (C=O) groups excluding carboxylic acids is 1. The molecule has 0 fully saturated rings. The first kappa shape index (κ1) is 20.1. The maximum Gasteiger partial charge on any atom is 0.350 e. The number of halogens is 1. The summed E-state index contributed by atoms with van der Waals surface area (Å²) in [4.78, 5) is 16.6. The third-order valence-electron chi connectivity index (χ3n) is 4.52. The first-order valence-electron chi connectivity index (χ1n) is 9.11. The Kier molecular flexibility index (Phi) is 5.57. The molecule has 0 aliphatic rings. The highest BCUT2D eigenvalue weighted by Gasteiger charge is 2.15. The van der Waals surface area contributed by atoms with Crippen LogP contribution in [0.1, 0.15) is 20.9 Å². The van der Waals surface area contributed by atoms with Crippen molar-refractivity contribution in [3.8, 4) is 11.3 Å². The summed E-state index contributed by atoms with van der Waals surface area (Å²) in [6, 6.07) is 15.4. The lowest BCUT2D eigenvalue weighted by Gasteiger charge is -2.07. The molecule has 0 bridgehead atoms. The number of esters is 1. The minimum atomic E-state index is -0.421. The van der Waals surface area contributed by atoms with E-state index in [-0.39, 0.29) is 0 Å². The number of anilines is 1. The van der Waals surface area contributed by atoms with E-state index in [1.165, 1.54) is 18.4 Å². The molecular weight excluding hydrogens is 422 g/mol. The first-order valence-corrected chi connectivity index (χ1v) is 10.3. The van der Waals surface area contributed by atoms with Crippen LogP contribution in [0.25, 0.3) is 22.3 Å². The summed E-state index contributed by atoms with van der Waals surface area (Å²) in [5.41, 5.74) is 6.05. The van der Waals surface area contributed by atoms with E-state index in [1.807, 2.05) is 55.5 Å². The molecular formula is C22H18ClN3O3S. The average Bonchev–Trinajstić information content (AvgIpc) is 3.13. The predicted molar refractivity (Wildman–Crippen MR) is 119 cm³/mol. The molecule has 2 aromatic heterocycles. The summed E-state index contributed by atoms with van der Waals surface area (Å²) in [5, 5.41) is 7.05. The van der Waals surface area contributed by atoms with Gasteiger partial charge in [-0.15, -0.1) is 0 Å². The van der Waals surface area contributed by atoms with Crippen LogP contribution in [0.15, 0.2) is 58.0 Å². The molecule has 0 aliphatic heterocycles. The van der Waals surface area contributed by atoms with Crippen molar-refractivity contribution in [3.63, 3.8) is 0 Å². The van der Waals surface area contributed by atoms with E-state index in [1.54, 1.807) is 6.92 Å². The van der Waals surface area contributed by atoms with Gasteiger partial charge in [0.2, 0.25) is 5.13 Å². The van der Waals surface area contributed by atoms with Crippen molar-refractivity contribution in [2.75, 3.05) is 12.5 Å². The lowest BCUT2D eigenvalue weighted by atomic mass is 10.1. The molecule has 4 rings (SSSR count). The number of rotatable bonds is 4. The number of nitrogens with zero attached hydrogens (tertiary/aromatic N) is 2. The van der Waals surface area contributed by atoms with Gasteiger partial charge in [-0.25, -0.2) is 9.78 Å². The predicted octanol–water partition coefficient (Wildman–Crippen LogP) is 5.54. The molecule has 0 saturated carbocycles. The van der Waals surface area contributed by atoms with Crippen molar-refractivity contribution >= 4 is 45.0 Å². The van der Waals surface area contributed by atoms with Gasteiger partial charge >= 0.3 is 5.97 Å². The Labute approximate surface area is 181 Å². The molecule has 0 radical (unpaired) electrons. The molecule has 0 unspecified atom stereocenters. The SMILES string of the molecule is COC(=O)c1sc(N/N=c2\cc(-c3ccccc3)oc3cc(C)c(Cl)cc23)nc1C. The molecule has 152 valence electrons. The summed E-state index contributed by atoms with van der Waals surface area (Å²) in [7, 11) is 1.34. The summed E-state index contributed by atoms with van der Waals surface area (Å²) in [6.45, 7) is 3.68.